The molecule has 1 aromatic heterocycles. The molecule has 0 unspecified atom stereocenters. The van der Waals surface area contributed by atoms with E-state index in [1.165, 1.54) is 12.8 Å². The van der Waals surface area contributed by atoms with Crippen LogP contribution in [0.4, 0.5) is 0 Å². The predicted molar refractivity (Wildman–Crippen MR) is 102 cm³/mol. The Balaban J connectivity index is 1.70. The summed E-state index contributed by atoms with van der Waals surface area (Å²) in [6, 6.07) is 16.0. The van der Waals surface area contributed by atoms with Gasteiger partial charge in [0.2, 0.25) is 5.91 Å². The molecule has 1 aliphatic rings. The molecule has 0 aliphatic heterocycles. The van der Waals surface area contributed by atoms with E-state index in [2.05, 4.69) is 5.32 Å². The number of fused-ring (bicyclic) bond motifs is 1. The first-order chi connectivity index (χ1) is 12.7. The maximum Gasteiger partial charge on any atom is 0.240 e. The molecule has 5 nitrogen and oxygen atoms in total. The molecule has 5 heteroatoms. The Morgan fingerprint density at radius 3 is 2.81 bits per heavy atom. The van der Waals surface area contributed by atoms with Crippen LogP contribution >= 0.6 is 0 Å². The molecule has 0 spiro atoms. The first kappa shape index (κ1) is 16.6. The Kier molecular flexibility index (Phi) is 4.61. The number of aromatic nitrogens is 2. The summed E-state index contributed by atoms with van der Waals surface area (Å²) < 4.78 is 7.34. The number of benzene rings is 2. The molecule has 1 fully saturated rings. The van der Waals surface area contributed by atoms with Crippen LogP contribution < -0.4 is 10.1 Å². The lowest BCUT2D eigenvalue weighted by Crippen LogP contribution is -2.35. The van der Waals surface area contributed by atoms with Crippen molar-refractivity contribution in [2.45, 2.75) is 38.3 Å². The van der Waals surface area contributed by atoms with Crippen LogP contribution in [0.15, 0.2) is 48.5 Å². The van der Waals surface area contributed by atoms with E-state index in [4.69, 9.17) is 9.72 Å². The Labute approximate surface area is 153 Å². The van der Waals surface area contributed by atoms with Gasteiger partial charge in [-0.05, 0) is 37.1 Å². The zero-order chi connectivity index (χ0) is 17.9. The van der Waals surface area contributed by atoms with Crippen molar-refractivity contribution in [3.63, 3.8) is 0 Å². The van der Waals surface area contributed by atoms with Gasteiger partial charge in [-0.15, -0.1) is 0 Å². The highest BCUT2D eigenvalue weighted by atomic mass is 16.5. The number of nitrogens with one attached hydrogen (secondary N) is 1. The summed E-state index contributed by atoms with van der Waals surface area (Å²) >= 11 is 0. The second-order valence-corrected chi connectivity index (χ2v) is 6.79. The number of methoxy groups -OCH3 is 1. The molecule has 1 aliphatic carbocycles. The third kappa shape index (κ3) is 3.29. The second-order valence-electron chi connectivity index (χ2n) is 6.79. The van der Waals surface area contributed by atoms with Crippen LogP contribution in [0.5, 0.6) is 5.75 Å². The highest BCUT2D eigenvalue weighted by molar-refractivity contribution is 5.84. The molecule has 0 radical (unpaired) electrons. The molecule has 2 aromatic carbocycles. The van der Waals surface area contributed by atoms with Gasteiger partial charge < -0.3 is 14.6 Å². The van der Waals surface area contributed by atoms with Crippen LogP contribution in [0.2, 0.25) is 0 Å². The lowest BCUT2D eigenvalue weighted by molar-refractivity contribution is -0.122. The lowest BCUT2D eigenvalue weighted by Gasteiger charge is -2.14. The zero-order valence-electron chi connectivity index (χ0n) is 14.9. The van der Waals surface area contributed by atoms with E-state index in [9.17, 15) is 4.79 Å². The van der Waals surface area contributed by atoms with Crippen molar-refractivity contribution < 1.29 is 9.53 Å². The number of rotatable bonds is 5. The number of para-hydroxylation sites is 2. The first-order valence-electron chi connectivity index (χ1n) is 9.13. The van der Waals surface area contributed by atoms with Crippen LogP contribution in [0, 0.1) is 0 Å². The Bertz CT molecular complexity index is 926. The summed E-state index contributed by atoms with van der Waals surface area (Å²) in [5, 5.41) is 3.17. The molecular formula is C21H23N3O2. The minimum absolute atomic E-state index is 0.0456. The van der Waals surface area contributed by atoms with Crippen molar-refractivity contribution >= 4 is 16.9 Å². The summed E-state index contributed by atoms with van der Waals surface area (Å²) in [5.74, 6) is 1.60. The van der Waals surface area contributed by atoms with Gasteiger partial charge in [0.1, 0.15) is 18.1 Å². The molecule has 0 atom stereocenters. The van der Waals surface area contributed by atoms with Crippen molar-refractivity contribution in [3.8, 4) is 17.1 Å². The normalized spacial score (nSPS) is 14.7. The van der Waals surface area contributed by atoms with Gasteiger partial charge in [-0.3, -0.25) is 4.79 Å². The number of ether oxygens (including phenoxy) is 1. The monoisotopic (exact) mass is 349 g/mol. The van der Waals surface area contributed by atoms with E-state index < -0.39 is 0 Å². The van der Waals surface area contributed by atoms with Gasteiger partial charge in [-0.1, -0.05) is 37.1 Å². The number of imidazole rings is 1. The van der Waals surface area contributed by atoms with Crippen LogP contribution in [0.3, 0.4) is 0 Å². The summed E-state index contributed by atoms with van der Waals surface area (Å²) in [5.41, 5.74) is 2.79. The summed E-state index contributed by atoms with van der Waals surface area (Å²) in [4.78, 5) is 17.4. The van der Waals surface area contributed by atoms with E-state index in [-0.39, 0.29) is 12.5 Å². The zero-order valence-corrected chi connectivity index (χ0v) is 14.9. The highest BCUT2D eigenvalue weighted by Gasteiger charge is 2.20. The molecule has 3 aromatic rings. The number of amides is 1. The number of carbonyl (C=O) groups is 1. The minimum atomic E-state index is 0.0456. The van der Waals surface area contributed by atoms with Crippen LogP contribution in [-0.2, 0) is 11.3 Å². The van der Waals surface area contributed by atoms with Gasteiger partial charge in [-0.2, -0.15) is 0 Å². The molecule has 0 saturated heterocycles. The molecule has 1 N–H and O–H groups in total. The van der Waals surface area contributed by atoms with Gasteiger partial charge in [0.15, 0.2) is 0 Å². The number of hydrogen-bond donors (Lipinski definition) is 1. The van der Waals surface area contributed by atoms with E-state index in [1.54, 1.807) is 7.11 Å². The lowest BCUT2D eigenvalue weighted by atomic mass is 10.2. The van der Waals surface area contributed by atoms with Crippen molar-refractivity contribution in [2.75, 3.05) is 7.11 Å². The van der Waals surface area contributed by atoms with Gasteiger partial charge in [0.25, 0.3) is 0 Å². The maximum absolute atomic E-state index is 12.6. The Hall–Kier alpha value is -2.82. The standard InChI is InChI=1S/C21H23N3O2/c1-26-17-10-6-7-15(13-17)21-23-18-11-4-5-12-19(18)24(21)14-20(25)22-16-8-2-3-9-16/h4-7,10-13,16H,2-3,8-9,14H2,1H3,(H,22,25). The average Bonchev–Trinajstić information content (AvgIpc) is 3.30. The highest BCUT2D eigenvalue weighted by Crippen LogP contribution is 2.27. The van der Waals surface area contributed by atoms with Crippen LogP contribution in [0.25, 0.3) is 22.4 Å². The molecule has 1 heterocycles. The van der Waals surface area contributed by atoms with E-state index in [0.717, 1.165) is 41.0 Å². The predicted octanol–water partition coefficient (Wildman–Crippen LogP) is 3.77. The third-order valence-corrected chi connectivity index (χ3v) is 5.00. The van der Waals surface area contributed by atoms with Crippen molar-refractivity contribution in [1.82, 2.24) is 14.9 Å². The second kappa shape index (κ2) is 7.20. The van der Waals surface area contributed by atoms with E-state index >= 15 is 0 Å². The van der Waals surface area contributed by atoms with E-state index in [1.807, 2.05) is 53.1 Å². The fourth-order valence-corrected chi connectivity index (χ4v) is 3.71. The summed E-state index contributed by atoms with van der Waals surface area (Å²) in [6.07, 6.45) is 4.57. The van der Waals surface area contributed by atoms with Crippen LogP contribution in [-0.4, -0.2) is 28.6 Å². The molecule has 26 heavy (non-hydrogen) atoms. The SMILES string of the molecule is COc1cccc(-c2nc3ccccc3n2CC(=O)NC2CCCC2)c1. The topological polar surface area (TPSA) is 56.2 Å². The molecule has 134 valence electrons. The molecule has 4 rings (SSSR count). The number of nitrogens with zero attached hydrogens (tertiary/aromatic N) is 2. The molecular weight excluding hydrogens is 326 g/mol. The maximum atomic E-state index is 12.6. The summed E-state index contributed by atoms with van der Waals surface area (Å²) in [7, 11) is 1.65. The van der Waals surface area contributed by atoms with Crippen molar-refractivity contribution in [3.05, 3.63) is 48.5 Å². The van der Waals surface area contributed by atoms with Crippen LogP contribution in [0.1, 0.15) is 25.7 Å². The van der Waals surface area contributed by atoms with E-state index in [0.29, 0.717) is 6.04 Å². The quantitative estimate of drug-likeness (QED) is 0.763. The number of carbonyl (C=O) groups excluding carboxylic acids is 1. The van der Waals surface area contributed by atoms with Gasteiger partial charge in [-0.25, -0.2) is 4.98 Å². The number of hydrogen-bond acceptors (Lipinski definition) is 3. The largest absolute Gasteiger partial charge is 0.497 e. The molecule has 0 bridgehead atoms. The van der Waals surface area contributed by atoms with Gasteiger partial charge in [0, 0.05) is 11.6 Å². The Morgan fingerprint density at radius 1 is 1.19 bits per heavy atom. The average molecular weight is 349 g/mol. The first-order valence-corrected chi connectivity index (χ1v) is 9.13. The smallest absolute Gasteiger partial charge is 0.240 e. The molecule has 1 amide bonds. The molecule has 1 saturated carbocycles. The van der Waals surface area contributed by atoms with Crippen molar-refractivity contribution in [2.24, 2.45) is 0 Å². The fourth-order valence-electron chi connectivity index (χ4n) is 3.71. The minimum Gasteiger partial charge on any atom is -0.497 e. The van der Waals surface area contributed by atoms with Gasteiger partial charge >= 0.3 is 0 Å². The van der Waals surface area contributed by atoms with Gasteiger partial charge in [0.05, 0.1) is 18.1 Å². The Morgan fingerprint density at radius 2 is 2.00 bits per heavy atom. The third-order valence-electron chi connectivity index (χ3n) is 5.00. The summed E-state index contributed by atoms with van der Waals surface area (Å²) in [6.45, 7) is 0.267. The fraction of sp³-hybridized carbons (Fsp3) is 0.333. The van der Waals surface area contributed by atoms with Crippen molar-refractivity contribution in [1.29, 1.82) is 0 Å².